The normalized spacial score (nSPS) is 54.6. The minimum atomic E-state index is -1.44. The summed E-state index contributed by atoms with van der Waals surface area (Å²) in [5.74, 6) is -2.53. The molecule has 5 rings (SSSR count). The van der Waals surface area contributed by atoms with E-state index in [2.05, 4.69) is 26.8 Å². The Morgan fingerprint density at radius 1 is 0.811 bits per heavy atom. The van der Waals surface area contributed by atoms with Crippen molar-refractivity contribution in [3.63, 3.8) is 0 Å². The van der Waals surface area contributed by atoms with Crippen molar-refractivity contribution in [1.82, 2.24) is 0 Å². The second-order valence-electron chi connectivity index (χ2n) is 15.0. The second-order valence-corrected chi connectivity index (χ2v) is 15.0. The molecule has 5 N–H and O–H groups in total. The molecule has 37 heavy (non-hydrogen) atoms. The van der Waals surface area contributed by atoms with Crippen molar-refractivity contribution in [2.45, 2.75) is 111 Å². The van der Waals surface area contributed by atoms with E-state index in [-0.39, 0.29) is 28.1 Å². The Kier molecular flexibility index (Phi) is 5.73. The molecule has 0 spiro atoms. The molecule has 0 radical (unpaired) electrons. The van der Waals surface area contributed by atoms with Gasteiger partial charge in [0, 0.05) is 5.92 Å². The molecule has 0 aliphatic heterocycles. The first-order valence-corrected chi connectivity index (χ1v) is 14.1. The molecule has 0 heterocycles. The van der Waals surface area contributed by atoms with Crippen LogP contribution in [0.25, 0.3) is 0 Å². The largest absolute Gasteiger partial charge is 0.481 e. The van der Waals surface area contributed by atoms with Gasteiger partial charge in [0.1, 0.15) is 0 Å². The molecule has 0 amide bonds. The molecule has 5 aliphatic rings. The molecule has 11 atom stereocenters. The maximum absolute atomic E-state index is 12.8. The van der Waals surface area contributed by atoms with Gasteiger partial charge in [-0.1, -0.05) is 46.3 Å². The Balaban J connectivity index is 1.64. The summed E-state index contributed by atoms with van der Waals surface area (Å²) < 4.78 is 0. The summed E-state index contributed by atoms with van der Waals surface area (Å²) in [6.45, 7) is 12.3. The fourth-order valence-corrected chi connectivity index (χ4v) is 10.7. The van der Waals surface area contributed by atoms with Crippen LogP contribution in [0.2, 0.25) is 0 Å². The minimum Gasteiger partial charge on any atom is -0.481 e. The van der Waals surface area contributed by atoms with Gasteiger partial charge in [0.2, 0.25) is 0 Å². The summed E-state index contributed by atoms with van der Waals surface area (Å²) >= 11 is 0. The third-order valence-electron chi connectivity index (χ3n) is 13.4. The fraction of sp³-hybridized carbons (Fsp3) is 0.867. The van der Waals surface area contributed by atoms with Crippen molar-refractivity contribution in [2.24, 2.45) is 50.2 Å². The molecule has 7 nitrogen and oxygen atoms in total. The molecule has 0 aromatic carbocycles. The van der Waals surface area contributed by atoms with Gasteiger partial charge in [0.05, 0.1) is 29.1 Å². The summed E-state index contributed by atoms with van der Waals surface area (Å²) in [5.41, 5.74) is -2.80. The first kappa shape index (κ1) is 27.1. The van der Waals surface area contributed by atoms with E-state index in [1.54, 1.807) is 6.92 Å². The lowest BCUT2D eigenvalue weighted by Gasteiger charge is -2.71. The van der Waals surface area contributed by atoms with Crippen molar-refractivity contribution in [3.05, 3.63) is 11.6 Å². The van der Waals surface area contributed by atoms with Gasteiger partial charge in [-0.05, 0) is 91.8 Å². The number of hydrogen-bond acceptors (Lipinski definition) is 5. The van der Waals surface area contributed by atoms with Crippen LogP contribution in [0.15, 0.2) is 11.6 Å². The highest BCUT2D eigenvalue weighted by Crippen LogP contribution is 2.75. The summed E-state index contributed by atoms with van der Waals surface area (Å²) in [5, 5.41) is 54.3. The number of fused-ring (bicyclic) bond motifs is 7. The number of rotatable bonds is 2. The zero-order chi connectivity index (χ0) is 27.6. The minimum absolute atomic E-state index is 0.0689. The maximum atomic E-state index is 12.8. The van der Waals surface area contributed by atoms with Crippen LogP contribution >= 0.6 is 0 Å². The van der Waals surface area contributed by atoms with Crippen LogP contribution in [0.4, 0.5) is 0 Å². The number of allylic oxidation sites excluding steroid dienone is 1. The predicted octanol–water partition coefficient (Wildman–Crippen LogP) is 4.24. The number of carboxylic acids is 2. The lowest BCUT2D eigenvalue weighted by atomic mass is 9.33. The van der Waals surface area contributed by atoms with Gasteiger partial charge in [-0.25, -0.2) is 0 Å². The molecule has 5 aliphatic carbocycles. The number of carbonyl (C=O) groups is 2. The number of hydrogen-bond donors (Lipinski definition) is 5. The van der Waals surface area contributed by atoms with E-state index in [4.69, 9.17) is 0 Å². The van der Waals surface area contributed by atoms with E-state index >= 15 is 0 Å². The van der Waals surface area contributed by atoms with E-state index in [1.165, 1.54) is 0 Å². The highest BCUT2D eigenvalue weighted by atomic mass is 16.4. The van der Waals surface area contributed by atoms with E-state index in [1.807, 2.05) is 13.8 Å². The highest BCUT2D eigenvalue weighted by Gasteiger charge is 2.72. The van der Waals surface area contributed by atoms with Gasteiger partial charge >= 0.3 is 11.9 Å². The molecule has 7 heteroatoms. The summed E-state index contributed by atoms with van der Waals surface area (Å²) in [6, 6.07) is 0. The van der Waals surface area contributed by atoms with Gasteiger partial charge in [0.15, 0.2) is 0 Å². The first-order valence-electron chi connectivity index (χ1n) is 14.1. The number of aliphatic carboxylic acids is 2. The molecular weight excluding hydrogens is 472 g/mol. The first-order chi connectivity index (χ1) is 16.9. The molecule has 0 saturated heterocycles. The van der Waals surface area contributed by atoms with Crippen molar-refractivity contribution in [1.29, 1.82) is 0 Å². The van der Waals surface area contributed by atoms with Crippen molar-refractivity contribution >= 4 is 11.9 Å². The van der Waals surface area contributed by atoms with Crippen molar-refractivity contribution in [3.8, 4) is 0 Å². The summed E-state index contributed by atoms with van der Waals surface area (Å²) in [4.78, 5) is 25.4. The van der Waals surface area contributed by atoms with E-state index < -0.39 is 52.4 Å². The number of aliphatic hydroxyl groups is 3. The molecule has 4 fully saturated rings. The molecule has 3 unspecified atom stereocenters. The Morgan fingerprint density at radius 3 is 2.03 bits per heavy atom. The predicted molar refractivity (Wildman–Crippen MR) is 137 cm³/mol. The van der Waals surface area contributed by atoms with E-state index in [0.717, 1.165) is 12.0 Å². The lowest BCUT2D eigenvalue weighted by Crippen LogP contribution is -2.69. The van der Waals surface area contributed by atoms with Gasteiger partial charge < -0.3 is 25.5 Å². The third-order valence-corrected chi connectivity index (χ3v) is 13.4. The van der Waals surface area contributed by atoms with Crippen LogP contribution in [-0.4, -0.2) is 55.8 Å². The summed E-state index contributed by atoms with van der Waals surface area (Å²) in [7, 11) is 0. The second kappa shape index (κ2) is 7.82. The van der Waals surface area contributed by atoms with Crippen molar-refractivity contribution < 1.29 is 35.1 Å². The standard InChI is InChI=1S/C30H46O7/c1-25(2)11-13-30(24(36)37)14-12-27(4)16(20(30)22(25)33)7-8-18-26(3)15-17(31)21(32)29(6,23(34)35)19(26)9-10-28(18,27)5/h7,17-22,31-33H,8-15H2,1-6H3,(H,34,35)(H,36,37)/t17-,18?,19?,20?,21+,22-,26-,27-,28-,29+,30+/m1/s1. The Labute approximate surface area is 220 Å². The zero-order valence-corrected chi connectivity index (χ0v) is 23.3. The molecule has 0 bridgehead atoms. The van der Waals surface area contributed by atoms with Crippen LogP contribution < -0.4 is 0 Å². The van der Waals surface area contributed by atoms with Gasteiger partial charge in [-0.15, -0.1) is 0 Å². The topological polar surface area (TPSA) is 135 Å². The third kappa shape index (κ3) is 3.05. The molecule has 4 saturated carbocycles. The van der Waals surface area contributed by atoms with Crippen LogP contribution in [0.1, 0.15) is 92.9 Å². The number of aliphatic hydroxyl groups excluding tert-OH is 3. The smallest absolute Gasteiger partial charge is 0.312 e. The Bertz CT molecular complexity index is 1050. The SMILES string of the molecule is CC1(C)CC[C@]2(C(=O)O)CC[C@]3(C)C(=CCC4[C@@]5(C)C[C@@H](O)[C@H](O)[C@@](C)(C(=O)O)C5CC[C@]43C)C2[C@H]1O. The molecule has 0 aromatic rings. The van der Waals surface area contributed by atoms with Crippen LogP contribution in [0, 0.1) is 50.2 Å². The van der Waals surface area contributed by atoms with Gasteiger partial charge in [-0.2, -0.15) is 0 Å². The average Bonchev–Trinajstić information content (AvgIpc) is 2.80. The Hall–Kier alpha value is -1.44. The fourth-order valence-electron chi connectivity index (χ4n) is 10.7. The van der Waals surface area contributed by atoms with Crippen LogP contribution in [0.5, 0.6) is 0 Å². The van der Waals surface area contributed by atoms with E-state index in [0.29, 0.717) is 44.9 Å². The van der Waals surface area contributed by atoms with Gasteiger partial charge in [-0.3, -0.25) is 9.59 Å². The summed E-state index contributed by atoms with van der Waals surface area (Å²) in [6.07, 6.45) is 3.88. The average molecular weight is 519 g/mol. The van der Waals surface area contributed by atoms with E-state index in [9.17, 15) is 35.1 Å². The van der Waals surface area contributed by atoms with Crippen molar-refractivity contribution in [2.75, 3.05) is 0 Å². The quantitative estimate of drug-likeness (QED) is 0.345. The van der Waals surface area contributed by atoms with Gasteiger partial charge in [0.25, 0.3) is 0 Å². The number of carboxylic acid groups (broad SMARTS) is 2. The molecular formula is C30H46O7. The monoisotopic (exact) mass is 518 g/mol. The lowest BCUT2D eigenvalue weighted by molar-refractivity contribution is -0.241. The van der Waals surface area contributed by atoms with Crippen LogP contribution in [-0.2, 0) is 9.59 Å². The molecule has 208 valence electrons. The van der Waals surface area contributed by atoms with Crippen LogP contribution in [0.3, 0.4) is 0 Å². The zero-order valence-electron chi connectivity index (χ0n) is 23.3. The maximum Gasteiger partial charge on any atom is 0.312 e. The highest BCUT2D eigenvalue weighted by molar-refractivity contribution is 5.77. The molecule has 0 aromatic heterocycles. The Morgan fingerprint density at radius 2 is 1.43 bits per heavy atom.